The smallest absolute Gasteiger partial charge is 0.250 e. The number of carbonyl (C=O) groups excluding carboxylic acids is 1. The van der Waals surface area contributed by atoms with Crippen molar-refractivity contribution in [1.29, 1.82) is 0 Å². The molecule has 1 fully saturated rings. The van der Waals surface area contributed by atoms with Gasteiger partial charge in [-0.25, -0.2) is 0 Å². The molecule has 0 radical (unpaired) electrons. The van der Waals surface area contributed by atoms with Gasteiger partial charge in [-0.15, -0.1) is 0 Å². The van der Waals surface area contributed by atoms with Gasteiger partial charge in [0.15, 0.2) is 0 Å². The van der Waals surface area contributed by atoms with Crippen LogP contribution in [-0.4, -0.2) is 18.6 Å². The lowest BCUT2D eigenvalue weighted by Crippen LogP contribution is -2.29. The number of carbonyl (C=O) groups is 1. The summed E-state index contributed by atoms with van der Waals surface area (Å²) < 4.78 is 5.71. The molecule has 0 spiro atoms. The molecule has 2 rings (SSSR count). The Kier molecular flexibility index (Phi) is 5.26. The molecule has 2 atom stereocenters. The zero-order chi connectivity index (χ0) is 14.5. The number of hydrogen-bond acceptors (Lipinski definition) is 3. The van der Waals surface area contributed by atoms with Crippen LogP contribution in [0.25, 0.3) is 0 Å². The summed E-state index contributed by atoms with van der Waals surface area (Å²) in [6, 6.07) is 4.99. The predicted molar refractivity (Wildman–Crippen MR) is 81.9 cm³/mol. The van der Waals surface area contributed by atoms with E-state index in [9.17, 15) is 4.79 Å². The van der Waals surface area contributed by atoms with Crippen molar-refractivity contribution < 1.29 is 9.53 Å². The van der Waals surface area contributed by atoms with Crippen molar-refractivity contribution in [3.05, 3.63) is 23.2 Å². The van der Waals surface area contributed by atoms with Gasteiger partial charge >= 0.3 is 0 Å². The molecule has 1 aromatic carbocycles. The van der Waals surface area contributed by atoms with Gasteiger partial charge < -0.3 is 15.8 Å². The van der Waals surface area contributed by atoms with E-state index in [2.05, 4.69) is 12.2 Å². The number of nitrogens with two attached hydrogens (primary N) is 1. The second-order valence-electron chi connectivity index (χ2n) is 5.39. The minimum Gasteiger partial charge on any atom is -0.397 e. The number of amides is 1. The van der Waals surface area contributed by atoms with Crippen LogP contribution in [0.1, 0.15) is 32.6 Å². The lowest BCUT2D eigenvalue weighted by atomic mass is 9.88. The van der Waals surface area contributed by atoms with Crippen LogP contribution in [-0.2, 0) is 9.53 Å². The van der Waals surface area contributed by atoms with Crippen LogP contribution < -0.4 is 11.1 Å². The van der Waals surface area contributed by atoms with Gasteiger partial charge in [-0.05, 0) is 37.0 Å². The third kappa shape index (κ3) is 4.12. The third-order valence-electron chi connectivity index (χ3n) is 3.75. The van der Waals surface area contributed by atoms with Crippen molar-refractivity contribution in [2.45, 2.75) is 38.7 Å². The van der Waals surface area contributed by atoms with Gasteiger partial charge in [-0.2, -0.15) is 0 Å². The lowest BCUT2D eigenvalue weighted by molar-refractivity contribution is -0.124. The molecule has 1 amide bonds. The molecule has 3 N–H and O–H groups in total. The molecule has 2 unspecified atom stereocenters. The first-order valence-corrected chi connectivity index (χ1v) is 7.40. The SMILES string of the molecule is CC1CCCCC1OCC(=O)Nc1cc(Cl)ccc1N. The number of halogens is 1. The molecule has 1 aliphatic rings. The zero-order valence-electron chi connectivity index (χ0n) is 11.7. The van der Waals surface area contributed by atoms with Crippen LogP contribution in [0.4, 0.5) is 11.4 Å². The lowest BCUT2D eigenvalue weighted by Gasteiger charge is -2.28. The Morgan fingerprint density at radius 2 is 2.20 bits per heavy atom. The molecule has 110 valence electrons. The summed E-state index contributed by atoms with van der Waals surface area (Å²) in [5, 5.41) is 3.27. The summed E-state index contributed by atoms with van der Waals surface area (Å²) in [5.41, 5.74) is 6.81. The zero-order valence-corrected chi connectivity index (χ0v) is 12.5. The summed E-state index contributed by atoms with van der Waals surface area (Å²) in [7, 11) is 0. The van der Waals surface area contributed by atoms with Crippen molar-refractivity contribution in [2.75, 3.05) is 17.7 Å². The van der Waals surface area contributed by atoms with E-state index in [0.717, 1.165) is 6.42 Å². The topological polar surface area (TPSA) is 64.3 Å². The van der Waals surface area contributed by atoms with Crippen LogP contribution in [0.3, 0.4) is 0 Å². The molecule has 1 aromatic rings. The Labute approximate surface area is 124 Å². The Balaban J connectivity index is 1.84. The number of ether oxygens (including phenoxy) is 1. The Morgan fingerprint density at radius 1 is 1.45 bits per heavy atom. The molecule has 0 bridgehead atoms. The minimum atomic E-state index is -0.197. The van der Waals surface area contributed by atoms with E-state index in [1.54, 1.807) is 18.2 Å². The molecule has 1 aliphatic carbocycles. The fraction of sp³-hybridized carbons (Fsp3) is 0.533. The van der Waals surface area contributed by atoms with E-state index >= 15 is 0 Å². The molecule has 0 aromatic heterocycles. The maximum absolute atomic E-state index is 11.9. The van der Waals surface area contributed by atoms with E-state index in [1.807, 2.05) is 0 Å². The molecule has 0 aliphatic heterocycles. The van der Waals surface area contributed by atoms with E-state index < -0.39 is 0 Å². The molecule has 20 heavy (non-hydrogen) atoms. The Bertz CT molecular complexity index is 479. The molecule has 1 saturated carbocycles. The molecular weight excluding hydrogens is 276 g/mol. The highest BCUT2D eigenvalue weighted by atomic mass is 35.5. The van der Waals surface area contributed by atoms with E-state index in [-0.39, 0.29) is 18.6 Å². The average molecular weight is 297 g/mol. The second-order valence-corrected chi connectivity index (χ2v) is 5.83. The average Bonchev–Trinajstić information content (AvgIpc) is 2.42. The van der Waals surface area contributed by atoms with Gasteiger partial charge in [-0.1, -0.05) is 31.4 Å². The first-order valence-electron chi connectivity index (χ1n) is 7.02. The van der Waals surface area contributed by atoms with Crippen molar-refractivity contribution >= 4 is 28.9 Å². The summed E-state index contributed by atoms with van der Waals surface area (Å²) in [4.78, 5) is 11.9. The highest BCUT2D eigenvalue weighted by Crippen LogP contribution is 2.26. The summed E-state index contributed by atoms with van der Waals surface area (Å²) in [6.07, 6.45) is 4.83. The van der Waals surface area contributed by atoms with Crippen molar-refractivity contribution in [3.63, 3.8) is 0 Å². The van der Waals surface area contributed by atoms with Gasteiger partial charge in [-0.3, -0.25) is 4.79 Å². The first kappa shape index (κ1) is 15.1. The van der Waals surface area contributed by atoms with Crippen LogP contribution >= 0.6 is 11.6 Å². The van der Waals surface area contributed by atoms with E-state index in [1.165, 1.54) is 19.3 Å². The fourth-order valence-electron chi connectivity index (χ4n) is 2.54. The number of hydrogen-bond donors (Lipinski definition) is 2. The third-order valence-corrected chi connectivity index (χ3v) is 3.99. The fourth-order valence-corrected chi connectivity index (χ4v) is 2.71. The van der Waals surface area contributed by atoms with Crippen LogP contribution in [0, 0.1) is 5.92 Å². The normalized spacial score (nSPS) is 22.5. The van der Waals surface area contributed by atoms with Crippen LogP contribution in [0.15, 0.2) is 18.2 Å². The maximum Gasteiger partial charge on any atom is 0.250 e. The Morgan fingerprint density at radius 3 is 2.95 bits per heavy atom. The quantitative estimate of drug-likeness (QED) is 0.836. The largest absolute Gasteiger partial charge is 0.397 e. The van der Waals surface area contributed by atoms with E-state index in [4.69, 9.17) is 22.1 Å². The molecule has 5 heteroatoms. The Hall–Kier alpha value is -1.26. The summed E-state index contributed by atoms with van der Waals surface area (Å²) >= 11 is 5.88. The van der Waals surface area contributed by atoms with Crippen molar-refractivity contribution in [2.24, 2.45) is 5.92 Å². The summed E-state index contributed by atoms with van der Waals surface area (Å²) in [6.45, 7) is 2.23. The standard InChI is InChI=1S/C15H21ClN2O2/c1-10-4-2-3-5-14(10)20-9-15(19)18-13-8-11(16)6-7-12(13)17/h6-8,10,14H,2-5,9,17H2,1H3,(H,18,19). The van der Waals surface area contributed by atoms with Gasteiger partial charge in [0, 0.05) is 5.02 Å². The van der Waals surface area contributed by atoms with Crippen molar-refractivity contribution in [1.82, 2.24) is 0 Å². The highest BCUT2D eigenvalue weighted by Gasteiger charge is 2.22. The number of benzene rings is 1. The highest BCUT2D eigenvalue weighted by molar-refractivity contribution is 6.31. The van der Waals surface area contributed by atoms with E-state index in [0.29, 0.717) is 22.3 Å². The number of nitrogen functional groups attached to an aromatic ring is 1. The second kappa shape index (κ2) is 6.95. The van der Waals surface area contributed by atoms with Crippen LogP contribution in [0.5, 0.6) is 0 Å². The number of rotatable bonds is 4. The van der Waals surface area contributed by atoms with Gasteiger partial charge in [0.25, 0.3) is 0 Å². The molecule has 0 saturated heterocycles. The van der Waals surface area contributed by atoms with Gasteiger partial charge in [0.05, 0.1) is 17.5 Å². The van der Waals surface area contributed by atoms with Crippen LogP contribution in [0.2, 0.25) is 5.02 Å². The first-order chi connectivity index (χ1) is 9.56. The van der Waals surface area contributed by atoms with Gasteiger partial charge in [0.1, 0.15) is 6.61 Å². The monoisotopic (exact) mass is 296 g/mol. The van der Waals surface area contributed by atoms with Crippen molar-refractivity contribution in [3.8, 4) is 0 Å². The number of nitrogens with one attached hydrogen (secondary N) is 1. The molecule has 4 nitrogen and oxygen atoms in total. The number of anilines is 2. The van der Waals surface area contributed by atoms with Gasteiger partial charge in [0.2, 0.25) is 5.91 Å². The molecule has 0 heterocycles. The molecular formula is C15H21ClN2O2. The minimum absolute atomic E-state index is 0.0565. The summed E-state index contributed by atoms with van der Waals surface area (Å²) in [5.74, 6) is 0.324. The maximum atomic E-state index is 11.9. The predicted octanol–water partition coefficient (Wildman–Crippen LogP) is 3.46.